The molecule has 0 N–H and O–H groups in total. The van der Waals surface area contributed by atoms with Gasteiger partial charge < -0.3 is 0 Å². The molecule has 0 atom stereocenters. The second-order valence-electron chi connectivity index (χ2n) is 2.74. The van der Waals surface area contributed by atoms with Gasteiger partial charge in [0.05, 0.1) is 0 Å². The second-order valence-corrected chi connectivity index (χ2v) is 4.94. The average Bonchev–Trinajstić information content (AvgIpc) is 2.65. The van der Waals surface area contributed by atoms with Gasteiger partial charge in [0.15, 0.2) is 0 Å². The third-order valence-electron chi connectivity index (χ3n) is 1.83. The van der Waals surface area contributed by atoms with E-state index in [4.69, 9.17) is 0 Å². The van der Waals surface area contributed by atoms with Gasteiger partial charge in [-0.1, -0.05) is 12.1 Å². The van der Waals surface area contributed by atoms with E-state index in [9.17, 15) is 0 Å². The molecule has 0 saturated carbocycles. The number of benzene rings is 1. The summed E-state index contributed by atoms with van der Waals surface area (Å²) in [4.78, 5) is 5.59. The SMILES string of the molecule is CSc1ccc(-c2nc(S)cs2)cc1. The standard InChI is InChI=1S/C10H9NS3/c1-13-8-4-2-7(3-5-8)10-11-9(12)6-14-10/h2-6,12H,1H3. The molecule has 0 unspecified atom stereocenters. The number of hydrogen-bond donors (Lipinski definition) is 1. The number of aromatic nitrogens is 1. The predicted molar refractivity (Wildman–Crippen MR) is 66.6 cm³/mol. The second kappa shape index (κ2) is 4.38. The van der Waals surface area contributed by atoms with Crippen LogP contribution in [0.1, 0.15) is 0 Å². The van der Waals surface area contributed by atoms with E-state index in [0.717, 1.165) is 15.6 Å². The maximum absolute atomic E-state index is 4.31. The number of hydrogen-bond acceptors (Lipinski definition) is 4. The van der Waals surface area contributed by atoms with Crippen LogP contribution >= 0.6 is 35.7 Å². The van der Waals surface area contributed by atoms with Crippen LogP contribution in [0.3, 0.4) is 0 Å². The van der Waals surface area contributed by atoms with Crippen molar-refractivity contribution in [3.05, 3.63) is 29.6 Å². The summed E-state index contributed by atoms with van der Waals surface area (Å²) in [7, 11) is 0. The third-order valence-corrected chi connectivity index (χ3v) is 3.87. The van der Waals surface area contributed by atoms with Gasteiger partial charge in [-0.3, -0.25) is 0 Å². The zero-order valence-electron chi connectivity index (χ0n) is 7.60. The molecule has 1 heterocycles. The Hall–Kier alpha value is -0.450. The first-order valence-electron chi connectivity index (χ1n) is 4.08. The minimum atomic E-state index is 0.791. The fourth-order valence-electron chi connectivity index (χ4n) is 1.13. The first-order valence-corrected chi connectivity index (χ1v) is 6.63. The summed E-state index contributed by atoms with van der Waals surface area (Å²) in [6, 6.07) is 8.41. The van der Waals surface area contributed by atoms with Gasteiger partial charge in [0.2, 0.25) is 0 Å². The van der Waals surface area contributed by atoms with E-state index in [1.165, 1.54) is 4.90 Å². The Morgan fingerprint density at radius 1 is 1.29 bits per heavy atom. The summed E-state index contributed by atoms with van der Waals surface area (Å²) in [5.74, 6) is 0. The molecule has 0 aliphatic heterocycles. The largest absolute Gasteiger partial charge is 0.230 e. The molecule has 0 bridgehead atoms. The molecule has 0 saturated heterocycles. The summed E-state index contributed by atoms with van der Waals surface area (Å²) in [6.45, 7) is 0. The van der Waals surface area contributed by atoms with E-state index in [-0.39, 0.29) is 0 Å². The summed E-state index contributed by atoms with van der Waals surface area (Å²) < 4.78 is 0. The molecule has 0 aliphatic rings. The van der Waals surface area contributed by atoms with Gasteiger partial charge in [0, 0.05) is 15.8 Å². The van der Waals surface area contributed by atoms with Crippen molar-refractivity contribution in [2.45, 2.75) is 9.92 Å². The molecule has 0 radical (unpaired) electrons. The van der Waals surface area contributed by atoms with Crippen LogP contribution in [0.25, 0.3) is 10.6 Å². The maximum Gasteiger partial charge on any atom is 0.124 e. The third kappa shape index (κ3) is 2.13. The molecule has 2 aromatic rings. The van der Waals surface area contributed by atoms with Crippen LogP contribution < -0.4 is 0 Å². The van der Waals surface area contributed by atoms with Crippen molar-refractivity contribution < 1.29 is 0 Å². The number of thiazole rings is 1. The van der Waals surface area contributed by atoms with Gasteiger partial charge in [-0.05, 0) is 18.4 Å². The summed E-state index contributed by atoms with van der Waals surface area (Å²) in [6.07, 6.45) is 2.07. The van der Waals surface area contributed by atoms with Crippen LogP contribution in [0.5, 0.6) is 0 Å². The smallest absolute Gasteiger partial charge is 0.124 e. The molecule has 0 spiro atoms. The van der Waals surface area contributed by atoms with E-state index in [1.807, 2.05) is 5.38 Å². The Balaban J connectivity index is 2.33. The average molecular weight is 239 g/mol. The monoisotopic (exact) mass is 239 g/mol. The van der Waals surface area contributed by atoms with E-state index in [1.54, 1.807) is 23.1 Å². The number of nitrogens with zero attached hydrogens (tertiary/aromatic N) is 1. The lowest BCUT2D eigenvalue weighted by atomic mass is 10.2. The highest BCUT2D eigenvalue weighted by Crippen LogP contribution is 2.26. The Kier molecular flexibility index (Phi) is 3.15. The van der Waals surface area contributed by atoms with Crippen molar-refractivity contribution in [2.75, 3.05) is 6.26 Å². The lowest BCUT2D eigenvalue weighted by Crippen LogP contribution is -1.76. The van der Waals surface area contributed by atoms with E-state index in [0.29, 0.717) is 0 Å². The molecular formula is C10H9NS3. The molecule has 2 rings (SSSR count). The molecule has 1 nitrogen and oxygen atoms in total. The molecule has 1 aromatic heterocycles. The summed E-state index contributed by atoms with van der Waals surface area (Å²) in [5, 5.41) is 3.77. The fraction of sp³-hybridized carbons (Fsp3) is 0.100. The minimum Gasteiger partial charge on any atom is -0.230 e. The summed E-state index contributed by atoms with van der Waals surface area (Å²) in [5.41, 5.74) is 1.16. The van der Waals surface area contributed by atoms with Gasteiger partial charge >= 0.3 is 0 Å². The number of thioether (sulfide) groups is 1. The number of rotatable bonds is 2. The normalized spacial score (nSPS) is 10.4. The van der Waals surface area contributed by atoms with Crippen LogP contribution in [-0.2, 0) is 0 Å². The van der Waals surface area contributed by atoms with Crippen LogP contribution in [0.2, 0.25) is 0 Å². The van der Waals surface area contributed by atoms with Crippen LogP contribution in [0.15, 0.2) is 39.6 Å². The zero-order chi connectivity index (χ0) is 9.97. The van der Waals surface area contributed by atoms with Crippen molar-refractivity contribution in [3.63, 3.8) is 0 Å². The Bertz CT molecular complexity index is 419. The molecule has 14 heavy (non-hydrogen) atoms. The van der Waals surface area contributed by atoms with Gasteiger partial charge in [-0.25, -0.2) is 4.98 Å². The Morgan fingerprint density at radius 2 is 2.00 bits per heavy atom. The lowest BCUT2D eigenvalue weighted by Gasteiger charge is -1.97. The predicted octanol–water partition coefficient (Wildman–Crippen LogP) is 3.82. The Labute approximate surface area is 97.0 Å². The van der Waals surface area contributed by atoms with Crippen molar-refractivity contribution >= 4 is 35.7 Å². The van der Waals surface area contributed by atoms with Gasteiger partial charge in [-0.15, -0.1) is 35.7 Å². The van der Waals surface area contributed by atoms with Gasteiger partial charge in [0.25, 0.3) is 0 Å². The van der Waals surface area contributed by atoms with E-state index in [2.05, 4.69) is 48.1 Å². The van der Waals surface area contributed by atoms with Crippen LogP contribution in [-0.4, -0.2) is 11.2 Å². The van der Waals surface area contributed by atoms with Crippen molar-refractivity contribution in [3.8, 4) is 10.6 Å². The summed E-state index contributed by atoms with van der Waals surface area (Å²) >= 11 is 7.56. The molecule has 1 aromatic carbocycles. The zero-order valence-corrected chi connectivity index (χ0v) is 10.1. The number of thiol groups is 1. The van der Waals surface area contributed by atoms with Crippen LogP contribution in [0, 0.1) is 0 Å². The first kappa shape index (κ1) is 10.1. The van der Waals surface area contributed by atoms with E-state index >= 15 is 0 Å². The first-order chi connectivity index (χ1) is 6.79. The molecule has 72 valence electrons. The highest BCUT2D eigenvalue weighted by atomic mass is 32.2. The fourth-order valence-corrected chi connectivity index (χ4v) is 2.56. The molecule has 0 aliphatic carbocycles. The molecular weight excluding hydrogens is 230 g/mol. The highest BCUT2D eigenvalue weighted by Gasteiger charge is 2.01. The van der Waals surface area contributed by atoms with Gasteiger partial charge in [-0.2, -0.15) is 0 Å². The minimum absolute atomic E-state index is 0.791. The maximum atomic E-state index is 4.31. The Morgan fingerprint density at radius 3 is 2.50 bits per heavy atom. The van der Waals surface area contributed by atoms with Crippen LogP contribution in [0.4, 0.5) is 0 Å². The van der Waals surface area contributed by atoms with Crippen molar-refractivity contribution in [1.82, 2.24) is 4.98 Å². The topological polar surface area (TPSA) is 12.9 Å². The molecule has 4 heteroatoms. The van der Waals surface area contributed by atoms with Crippen molar-refractivity contribution in [2.24, 2.45) is 0 Å². The van der Waals surface area contributed by atoms with E-state index < -0.39 is 0 Å². The van der Waals surface area contributed by atoms with Crippen molar-refractivity contribution in [1.29, 1.82) is 0 Å². The van der Waals surface area contributed by atoms with Gasteiger partial charge in [0.1, 0.15) is 10.0 Å². The quantitative estimate of drug-likeness (QED) is 0.632. The molecule has 0 amide bonds. The lowest BCUT2D eigenvalue weighted by molar-refractivity contribution is 1.22. The molecule has 0 fully saturated rings. The highest BCUT2D eigenvalue weighted by molar-refractivity contribution is 7.98.